The first kappa shape index (κ1) is 14.6. The standard InChI is InChI=1S/C15H25NO3/c1-12-7-8-15(19-12)10-16-9-13(17)11-18-14-5-3-2-4-6-14/h7-8,13-14,16-17H,2-6,9-11H2,1H3. The minimum Gasteiger partial charge on any atom is -0.465 e. The second kappa shape index (κ2) is 7.68. The van der Waals surface area contributed by atoms with E-state index in [0.29, 0.717) is 25.8 Å². The van der Waals surface area contributed by atoms with Crippen molar-refractivity contribution in [3.63, 3.8) is 0 Å². The summed E-state index contributed by atoms with van der Waals surface area (Å²) in [5.41, 5.74) is 0. The Bertz CT molecular complexity index is 358. The lowest BCUT2D eigenvalue weighted by Crippen LogP contribution is -2.32. The summed E-state index contributed by atoms with van der Waals surface area (Å²) < 4.78 is 11.2. The van der Waals surface area contributed by atoms with Crippen LogP contribution in [0.15, 0.2) is 16.5 Å². The number of ether oxygens (including phenoxy) is 1. The molecule has 0 amide bonds. The Balaban J connectivity index is 1.55. The molecular formula is C15H25NO3. The summed E-state index contributed by atoms with van der Waals surface area (Å²) in [5, 5.41) is 13.0. The molecule has 0 saturated heterocycles. The van der Waals surface area contributed by atoms with Crippen LogP contribution in [-0.4, -0.2) is 30.5 Å². The molecule has 1 fully saturated rings. The van der Waals surface area contributed by atoms with Crippen LogP contribution in [-0.2, 0) is 11.3 Å². The fraction of sp³-hybridized carbons (Fsp3) is 0.733. The predicted molar refractivity (Wildman–Crippen MR) is 74.0 cm³/mol. The van der Waals surface area contributed by atoms with Crippen molar-refractivity contribution >= 4 is 0 Å². The Labute approximate surface area is 115 Å². The van der Waals surface area contributed by atoms with Gasteiger partial charge in [0.1, 0.15) is 11.5 Å². The third-order valence-electron chi connectivity index (χ3n) is 3.55. The number of hydrogen-bond acceptors (Lipinski definition) is 4. The second-order valence-electron chi connectivity index (χ2n) is 5.39. The van der Waals surface area contributed by atoms with Gasteiger partial charge in [0.2, 0.25) is 0 Å². The van der Waals surface area contributed by atoms with Crippen molar-refractivity contribution < 1.29 is 14.3 Å². The maximum absolute atomic E-state index is 9.84. The highest BCUT2D eigenvalue weighted by Crippen LogP contribution is 2.20. The highest BCUT2D eigenvalue weighted by Gasteiger charge is 2.15. The van der Waals surface area contributed by atoms with Gasteiger partial charge in [0, 0.05) is 6.54 Å². The van der Waals surface area contributed by atoms with Gasteiger partial charge in [0.05, 0.1) is 25.4 Å². The van der Waals surface area contributed by atoms with E-state index in [2.05, 4.69) is 5.32 Å². The zero-order valence-corrected chi connectivity index (χ0v) is 11.7. The number of aryl methyl sites for hydroxylation is 1. The molecule has 19 heavy (non-hydrogen) atoms. The average Bonchev–Trinajstić information content (AvgIpc) is 2.83. The minimum atomic E-state index is -0.446. The van der Waals surface area contributed by atoms with Gasteiger partial charge in [-0.1, -0.05) is 19.3 Å². The van der Waals surface area contributed by atoms with Crippen molar-refractivity contribution in [2.45, 2.75) is 57.8 Å². The average molecular weight is 267 g/mol. The van der Waals surface area contributed by atoms with Crippen molar-refractivity contribution in [1.29, 1.82) is 0 Å². The molecule has 1 aliphatic carbocycles. The van der Waals surface area contributed by atoms with Crippen LogP contribution < -0.4 is 5.32 Å². The Kier molecular flexibility index (Phi) is 5.89. The van der Waals surface area contributed by atoms with Crippen molar-refractivity contribution in [3.05, 3.63) is 23.7 Å². The summed E-state index contributed by atoms with van der Waals surface area (Å²) in [6, 6.07) is 3.90. The molecule has 0 aliphatic heterocycles. The van der Waals surface area contributed by atoms with Crippen LogP contribution in [0.4, 0.5) is 0 Å². The molecule has 1 aromatic rings. The zero-order valence-electron chi connectivity index (χ0n) is 11.7. The molecule has 4 heteroatoms. The smallest absolute Gasteiger partial charge is 0.117 e. The maximum Gasteiger partial charge on any atom is 0.117 e. The van der Waals surface area contributed by atoms with E-state index in [1.807, 2.05) is 19.1 Å². The van der Waals surface area contributed by atoms with E-state index >= 15 is 0 Å². The SMILES string of the molecule is Cc1ccc(CNCC(O)COC2CCCCC2)o1. The van der Waals surface area contributed by atoms with Crippen LogP contribution in [0.5, 0.6) is 0 Å². The van der Waals surface area contributed by atoms with Crippen molar-refractivity contribution in [1.82, 2.24) is 5.32 Å². The number of furan rings is 1. The molecule has 0 spiro atoms. The fourth-order valence-corrected chi connectivity index (χ4v) is 2.48. The number of aliphatic hydroxyl groups is 1. The molecule has 1 aromatic heterocycles. The molecule has 1 aliphatic rings. The molecule has 0 radical (unpaired) electrons. The molecule has 0 bridgehead atoms. The fourth-order valence-electron chi connectivity index (χ4n) is 2.48. The van der Waals surface area contributed by atoms with Crippen LogP contribution in [0.3, 0.4) is 0 Å². The van der Waals surface area contributed by atoms with Gasteiger partial charge in [-0.3, -0.25) is 0 Å². The molecular weight excluding hydrogens is 242 g/mol. The lowest BCUT2D eigenvalue weighted by molar-refractivity contribution is -0.0231. The van der Waals surface area contributed by atoms with Gasteiger partial charge in [-0.05, 0) is 31.9 Å². The normalized spacial score (nSPS) is 18.6. The third-order valence-corrected chi connectivity index (χ3v) is 3.55. The molecule has 1 heterocycles. The molecule has 0 aromatic carbocycles. The van der Waals surface area contributed by atoms with Gasteiger partial charge in [-0.15, -0.1) is 0 Å². The lowest BCUT2D eigenvalue weighted by Gasteiger charge is -2.23. The van der Waals surface area contributed by atoms with E-state index in [4.69, 9.17) is 9.15 Å². The van der Waals surface area contributed by atoms with E-state index in [1.165, 1.54) is 19.3 Å². The maximum atomic E-state index is 9.84. The summed E-state index contributed by atoms with van der Waals surface area (Å²) in [5.74, 6) is 1.82. The summed E-state index contributed by atoms with van der Waals surface area (Å²) in [7, 11) is 0. The Morgan fingerprint density at radius 2 is 2.16 bits per heavy atom. The third kappa shape index (κ3) is 5.35. The van der Waals surface area contributed by atoms with Gasteiger partial charge >= 0.3 is 0 Å². The first-order valence-corrected chi connectivity index (χ1v) is 7.30. The highest BCUT2D eigenvalue weighted by atomic mass is 16.5. The topological polar surface area (TPSA) is 54.6 Å². The summed E-state index contributed by atoms with van der Waals surface area (Å²) >= 11 is 0. The van der Waals surface area contributed by atoms with E-state index in [0.717, 1.165) is 24.4 Å². The van der Waals surface area contributed by atoms with Crippen LogP contribution in [0, 0.1) is 6.92 Å². The summed E-state index contributed by atoms with van der Waals surface area (Å²) in [6.45, 7) is 3.53. The molecule has 2 N–H and O–H groups in total. The molecule has 1 saturated carbocycles. The van der Waals surface area contributed by atoms with Crippen LogP contribution in [0.1, 0.15) is 43.6 Å². The molecule has 108 valence electrons. The molecule has 1 atom stereocenters. The predicted octanol–water partition coefficient (Wildman–Crippen LogP) is 2.39. The van der Waals surface area contributed by atoms with Crippen LogP contribution >= 0.6 is 0 Å². The van der Waals surface area contributed by atoms with Gasteiger partial charge in [-0.25, -0.2) is 0 Å². The quantitative estimate of drug-likeness (QED) is 0.796. The van der Waals surface area contributed by atoms with Crippen molar-refractivity contribution in [3.8, 4) is 0 Å². The van der Waals surface area contributed by atoms with E-state index < -0.39 is 6.10 Å². The number of hydrogen-bond donors (Lipinski definition) is 2. The van der Waals surface area contributed by atoms with Gasteiger partial charge in [-0.2, -0.15) is 0 Å². The van der Waals surface area contributed by atoms with E-state index in [-0.39, 0.29) is 0 Å². The largest absolute Gasteiger partial charge is 0.465 e. The first-order chi connectivity index (χ1) is 9.24. The zero-order chi connectivity index (χ0) is 13.5. The van der Waals surface area contributed by atoms with Gasteiger partial charge < -0.3 is 19.6 Å². The molecule has 4 nitrogen and oxygen atoms in total. The van der Waals surface area contributed by atoms with Crippen LogP contribution in [0.25, 0.3) is 0 Å². The van der Waals surface area contributed by atoms with E-state index in [1.54, 1.807) is 0 Å². The number of nitrogens with one attached hydrogen (secondary N) is 1. The lowest BCUT2D eigenvalue weighted by atomic mass is 9.98. The van der Waals surface area contributed by atoms with E-state index in [9.17, 15) is 5.11 Å². The minimum absolute atomic E-state index is 0.358. The number of rotatable bonds is 7. The highest BCUT2D eigenvalue weighted by molar-refractivity contribution is 5.05. The van der Waals surface area contributed by atoms with Crippen molar-refractivity contribution in [2.75, 3.05) is 13.2 Å². The van der Waals surface area contributed by atoms with Gasteiger partial charge in [0.15, 0.2) is 0 Å². The number of aliphatic hydroxyl groups excluding tert-OH is 1. The summed E-state index contributed by atoms with van der Waals surface area (Å²) in [6.07, 6.45) is 6.05. The molecule has 1 unspecified atom stereocenters. The summed E-state index contributed by atoms with van der Waals surface area (Å²) in [4.78, 5) is 0. The van der Waals surface area contributed by atoms with Crippen LogP contribution in [0.2, 0.25) is 0 Å². The first-order valence-electron chi connectivity index (χ1n) is 7.30. The monoisotopic (exact) mass is 267 g/mol. The Morgan fingerprint density at radius 1 is 1.37 bits per heavy atom. The van der Waals surface area contributed by atoms with Crippen molar-refractivity contribution in [2.24, 2.45) is 0 Å². The molecule has 2 rings (SSSR count). The van der Waals surface area contributed by atoms with Gasteiger partial charge in [0.25, 0.3) is 0 Å². The Morgan fingerprint density at radius 3 is 2.84 bits per heavy atom. The Hall–Kier alpha value is -0.840. The second-order valence-corrected chi connectivity index (χ2v) is 5.39.